The van der Waals surface area contributed by atoms with E-state index in [1.807, 2.05) is 12.1 Å². The van der Waals surface area contributed by atoms with Gasteiger partial charge in [-0.15, -0.1) is 0 Å². The Balaban J connectivity index is 2.20. The zero-order valence-electron chi connectivity index (χ0n) is 8.73. The molecule has 0 amide bonds. The van der Waals surface area contributed by atoms with Crippen molar-refractivity contribution in [3.05, 3.63) is 22.8 Å². The van der Waals surface area contributed by atoms with Crippen molar-refractivity contribution in [2.24, 2.45) is 5.92 Å². The molecular weight excluding hydrogens is 256 g/mol. The number of nitrogens with zero attached hydrogens (tertiary/aromatic N) is 2. The number of piperidine rings is 1. The van der Waals surface area contributed by atoms with Crippen molar-refractivity contribution in [2.75, 3.05) is 18.0 Å². The number of β-amino-alcohol motifs (C(OH)–C–C–N with tert-alkyl or cyclic N) is 1. The molecule has 1 aromatic heterocycles. The van der Waals surface area contributed by atoms with Crippen LogP contribution in [0.4, 0.5) is 5.82 Å². The van der Waals surface area contributed by atoms with Crippen LogP contribution in [-0.4, -0.2) is 29.3 Å². The predicted molar refractivity (Wildman–Crippen MR) is 63.9 cm³/mol. The molecule has 82 valence electrons. The van der Waals surface area contributed by atoms with E-state index in [9.17, 15) is 5.11 Å². The number of aliphatic hydroxyl groups is 1. The van der Waals surface area contributed by atoms with E-state index in [4.69, 9.17) is 0 Å². The van der Waals surface area contributed by atoms with E-state index >= 15 is 0 Å². The van der Waals surface area contributed by atoms with Gasteiger partial charge in [-0.25, -0.2) is 4.98 Å². The number of hydrogen-bond acceptors (Lipinski definition) is 3. The molecule has 1 aliphatic rings. The van der Waals surface area contributed by atoms with Gasteiger partial charge in [0.05, 0.1) is 10.6 Å². The van der Waals surface area contributed by atoms with E-state index in [-0.39, 0.29) is 6.10 Å². The Kier molecular flexibility index (Phi) is 3.26. The minimum absolute atomic E-state index is 0.234. The highest BCUT2D eigenvalue weighted by Gasteiger charge is 2.24. The second-order valence-electron chi connectivity index (χ2n) is 4.21. The Hall–Kier alpha value is -0.610. The van der Waals surface area contributed by atoms with Gasteiger partial charge in [0.15, 0.2) is 0 Å². The molecule has 2 heterocycles. The summed E-state index contributed by atoms with van der Waals surface area (Å²) in [5.41, 5.74) is 0. The first kappa shape index (κ1) is 10.9. The maximum atomic E-state index is 9.72. The molecule has 0 aromatic carbocycles. The van der Waals surface area contributed by atoms with Crippen molar-refractivity contribution in [3.63, 3.8) is 0 Å². The van der Waals surface area contributed by atoms with E-state index < -0.39 is 0 Å². The summed E-state index contributed by atoms with van der Waals surface area (Å²) in [7, 11) is 0. The lowest BCUT2D eigenvalue weighted by molar-refractivity contribution is 0.132. The maximum Gasteiger partial charge on any atom is 0.142 e. The Morgan fingerprint density at radius 2 is 2.33 bits per heavy atom. The third-order valence-electron chi connectivity index (χ3n) is 2.68. The Labute approximate surface area is 98.3 Å². The third kappa shape index (κ3) is 2.49. The normalized spacial score (nSPS) is 26.7. The molecule has 3 nitrogen and oxygen atoms in total. The summed E-state index contributed by atoms with van der Waals surface area (Å²) < 4.78 is 0.992. The molecule has 0 spiro atoms. The molecule has 1 saturated heterocycles. The predicted octanol–water partition coefficient (Wildman–Crippen LogP) is 2.05. The monoisotopic (exact) mass is 270 g/mol. The molecule has 4 heteroatoms. The third-order valence-corrected chi connectivity index (χ3v) is 3.30. The number of aliphatic hydroxyl groups excluding tert-OH is 1. The number of hydrogen-bond donors (Lipinski definition) is 1. The van der Waals surface area contributed by atoms with Gasteiger partial charge >= 0.3 is 0 Å². The van der Waals surface area contributed by atoms with Crippen molar-refractivity contribution in [1.29, 1.82) is 0 Å². The number of anilines is 1. The average Bonchev–Trinajstić information content (AvgIpc) is 2.16. The van der Waals surface area contributed by atoms with Crippen molar-refractivity contribution >= 4 is 21.7 Å². The van der Waals surface area contributed by atoms with Gasteiger partial charge in [-0.3, -0.25) is 0 Å². The summed E-state index contributed by atoms with van der Waals surface area (Å²) in [6.45, 7) is 3.80. The zero-order valence-corrected chi connectivity index (χ0v) is 10.3. The summed E-state index contributed by atoms with van der Waals surface area (Å²) >= 11 is 3.49. The fourth-order valence-electron chi connectivity index (χ4n) is 2.10. The SMILES string of the molecule is C[C@@H]1C[C@H](O)CN(c2ncccc2Br)C1. The van der Waals surface area contributed by atoms with E-state index in [1.165, 1.54) is 0 Å². The van der Waals surface area contributed by atoms with Crippen LogP contribution in [0.5, 0.6) is 0 Å². The van der Waals surface area contributed by atoms with Gasteiger partial charge in [0.25, 0.3) is 0 Å². The molecule has 0 radical (unpaired) electrons. The van der Waals surface area contributed by atoms with E-state index in [0.29, 0.717) is 12.5 Å². The second-order valence-corrected chi connectivity index (χ2v) is 5.06. The van der Waals surface area contributed by atoms with Crippen molar-refractivity contribution in [2.45, 2.75) is 19.4 Å². The molecule has 1 aromatic rings. The van der Waals surface area contributed by atoms with E-state index in [0.717, 1.165) is 23.3 Å². The van der Waals surface area contributed by atoms with Gasteiger partial charge in [0.1, 0.15) is 5.82 Å². The molecule has 1 fully saturated rings. The first-order valence-electron chi connectivity index (χ1n) is 5.20. The van der Waals surface area contributed by atoms with Crippen LogP contribution in [0.2, 0.25) is 0 Å². The second kappa shape index (κ2) is 4.49. The highest BCUT2D eigenvalue weighted by molar-refractivity contribution is 9.10. The highest BCUT2D eigenvalue weighted by Crippen LogP contribution is 2.27. The lowest BCUT2D eigenvalue weighted by Crippen LogP contribution is -2.42. The molecular formula is C11H15BrN2O. The minimum atomic E-state index is -0.234. The van der Waals surface area contributed by atoms with Crippen LogP contribution in [0.1, 0.15) is 13.3 Å². The summed E-state index contributed by atoms with van der Waals surface area (Å²) in [5, 5.41) is 9.72. The Bertz CT molecular complexity index is 335. The van der Waals surface area contributed by atoms with Crippen LogP contribution >= 0.6 is 15.9 Å². The largest absolute Gasteiger partial charge is 0.391 e. The van der Waals surface area contributed by atoms with Crippen LogP contribution in [0.25, 0.3) is 0 Å². The van der Waals surface area contributed by atoms with Crippen LogP contribution < -0.4 is 4.90 Å². The summed E-state index contributed by atoms with van der Waals surface area (Å²) in [4.78, 5) is 6.48. The van der Waals surface area contributed by atoms with Crippen LogP contribution in [0.3, 0.4) is 0 Å². The van der Waals surface area contributed by atoms with Gasteiger partial charge in [0.2, 0.25) is 0 Å². The van der Waals surface area contributed by atoms with Crippen molar-refractivity contribution in [3.8, 4) is 0 Å². The standard InChI is InChI=1S/C11H15BrN2O/c1-8-5-9(15)7-14(6-8)11-10(12)3-2-4-13-11/h2-4,8-9,15H,5-7H2,1H3/t8-,9+/m1/s1. The number of halogens is 1. The van der Waals surface area contributed by atoms with Gasteiger partial charge in [-0.1, -0.05) is 6.92 Å². The zero-order chi connectivity index (χ0) is 10.8. The first-order chi connectivity index (χ1) is 7.16. The van der Waals surface area contributed by atoms with E-state index in [1.54, 1.807) is 6.20 Å². The first-order valence-corrected chi connectivity index (χ1v) is 5.99. The molecule has 1 N–H and O–H groups in total. The van der Waals surface area contributed by atoms with Crippen LogP contribution in [0.15, 0.2) is 22.8 Å². The molecule has 0 saturated carbocycles. The molecule has 1 aliphatic heterocycles. The molecule has 15 heavy (non-hydrogen) atoms. The summed E-state index contributed by atoms with van der Waals surface area (Å²) in [6, 6.07) is 3.88. The molecule has 2 rings (SSSR count). The van der Waals surface area contributed by atoms with E-state index in [2.05, 4.69) is 32.7 Å². The van der Waals surface area contributed by atoms with Gasteiger partial charge in [-0.2, -0.15) is 0 Å². The minimum Gasteiger partial charge on any atom is -0.391 e. The van der Waals surface area contributed by atoms with Crippen molar-refractivity contribution in [1.82, 2.24) is 4.98 Å². The van der Waals surface area contributed by atoms with Gasteiger partial charge in [-0.05, 0) is 40.4 Å². The average molecular weight is 271 g/mol. The smallest absolute Gasteiger partial charge is 0.142 e. The fourth-order valence-corrected chi connectivity index (χ4v) is 2.61. The summed E-state index contributed by atoms with van der Waals surface area (Å²) in [6.07, 6.45) is 2.44. The number of rotatable bonds is 1. The summed E-state index contributed by atoms with van der Waals surface area (Å²) in [5.74, 6) is 1.45. The topological polar surface area (TPSA) is 36.4 Å². The van der Waals surface area contributed by atoms with Gasteiger partial charge in [0, 0.05) is 19.3 Å². The van der Waals surface area contributed by atoms with Crippen LogP contribution in [0, 0.1) is 5.92 Å². The molecule has 0 unspecified atom stereocenters. The molecule has 2 atom stereocenters. The molecule has 0 bridgehead atoms. The highest BCUT2D eigenvalue weighted by atomic mass is 79.9. The Morgan fingerprint density at radius 3 is 3.00 bits per heavy atom. The maximum absolute atomic E-state index is 9.72. The van der Waals surface area contributed by atoms with Crippen LogP contribution in [-0.2, 0) is 0 Å². The van der Waals surface area contributed by atoms with Gasteiger partial charge < -0.3 is 10.0 Å². The molecule has 0 aliphatic carbocycles. The number of pyridine rings is 1. The quantitative estimate of drug-likeness (QED) is 0.849. The lowest BCUT2D eigenvalue weighted by Gasteiger charge is -2.35. The Morgan fingerprint density at radius 1 is 1.53 bits per heavy atom. The van der Waals surface area contributed by atoms with Crippen molar-refractivity contribution < 1.29 is 5.11 Å². The fraction of sp³-hybridized carbons (Fsp3) is 0.545. The number of aromatic nitrogens is 1. The lowest BCUT2D eigenvalue weighted by atomic mass is 9.98.